The standard InChI is InChI=1S/C10H15NO/c1-8-5-4-6-10(12-3)9(8)7-11-2/h4,6-8H,5H2,1-3H3. The Morgan fingerprint density at radius 3 is 3.00 bits per heavy atom. The van der Waals surface area contributed by atoms with Crippen molar-refractivity contribution < 1.29 is 4.74 Å². The smallest absolute Gasteiger partial charge is 0.123 e. The molecule has 0 radical (unpaired) electrons. The Kier molecular flexibility index (Phi) is 3.09. The summed E-state index contributed by atoms with van der Waals surface area (Å²) >= 11 is 0. The molecule has 0 aliphatic heterocycles. The molecule has 0 N–H and O–H groups in total. The van der Waals surface area contributed by atoms with Gasteiger partial charge in [0, 0.05) is 18.8 Å². The van der Waals surface area contributed by atoms with Crippen LogP contribution in [0, 0.1) is 5.92 Å². The zero-order chi connectivity index (χ0) is 8.97. The molecule has 0 aromatic heterocycles. The lowest BCUT2D eigenvalue weighted by atomic mass is 9.93. The normalized spacial score (nSPS) is 23.8. The van der Waals surface area contributed by atoms with Crippen molar-refractivity contribution in [2.24, 2.45) is 10.9 Å². The van der Waals surface area contributed by atoms with E-state index >= 15 is 0 Å². The van der Waals surface area contributed by atoms with Gasteiger partial charge in [-0.15, -0.1) is 0 Å². The number of allylic oxidation sites excluding steroid dienone is 3. The number of rotatable bonds is 2. The molecule has 2 heteroatoms. The predicted octanol–water partition coefficient (Wildman–Crippen LogP) is 2.18. The van der Waals surface area contributed by atoms with Crippen LogP contribution in [0.2, 0.25) is 0 Å². The van der Waals surface area contributed by atoms with E-state index in [4.69, 9.17) is 4.74 Å². The quantitative estimate of drug-likeness (QED) is 0.575. The van der Waals surface area contributed by atoms with E-state index in [0.717, 1.165) is 12.2 Å². The Hall–Kier alpha value is -1.05. The molecule has 1 atom stereocenters. The molecule has 0 aromatic rings. The Labute approximate surface area is 73.6 Å². The van der Waals surface area contributed by atoms with Gasteiger partial charge >= 0.3 is 0 Å². The molecule has 0 bridgehead atoms. The lowest BCUT2D eigenvalue weighted by Gasteiger charge is -2.17. The van der Waals surface area contributed by atoms with E-state index in [1.165, 1.54) is 5.57 Å². The van der Waals surface area contributed by atoms with Crippen LogP contribution in [0.1, 0.15) is 13.3 Å². The SMILES string of the molecule is CN=CC1=C(OC)C=CCC1C. The second-order valence-corrected chi connectivity index (χ2v) is 2.95. The molecule has 66 valence electrons. The predicted molar refractivity (Wildman–Crippen MR) is 51.4 cm³/mol. The maximum Gasteiger partial charge on any atom is 0.123 e. The van der Waals surface area contributed by atoms with Crippen LogP contribution < -0.4 is 0 Å². The number of aliphatic imine (C=N–C) groups is 1. The number of nitrogens with zero attached hydrogens (tertiary/aromatic N) is 1. The minimum Gasteiger partial charge on any atom is -0.496 e. The highest BCUT2D eigenvalue weighted by atomic mass is 16.5. The molecular formula is C10H15NO. The molecule has 1 aliphatic carbocycles. The summed E-state index contributed by atoms with van der Waals surface area (Å²) in [5, 5.41) is 0. The molecule has 1 rings (SSSR count). The maximum atomic E-state index is 5.23. The topological polar surface area (TPSA) is 21.6 Å². The molecule has 0 fully saturated rings. The van der Waals surface area contributed by atoms with Gasteiger partial charge in [-0.05, 0) is 18.4 Å². The van der Waals surface area contributed by atoms with Gasteiger partial charge in [0.05, 0.1) is 7.11 Å². The van der Waals surface area contributed by atoms with Crippen molar-refractivity contribution >= 4 is 6.21 Å². The summed E-state index contributed by atoms with van der Waals surface area (Å²) < 4.78 is 5.23. The average molecular weight is 165 g/mol. The zero-order valence-corrected chi connectivity index (χ0v) is 7.87. The highest BCUT2D eigenvalue weighted by molar-refractivity contribution is 5.81. The minimum atomic E-state index is 0.522. The summed E-state index contributed by atoms with van der Waals surface area (Å²) in [5.41, 5.74) is 1.20. The largest absolute Gasteiger partial charge is 0.496 e. The van der Waals surface area contributed by atoms with Gasteiger partial charge in [0.1, 0.15) is 5.76 Å². The Morgan fingerprint density at radius 1 is 1.67 bits per heavy atom. The number of ether oxygens (including phenoxy) is 1. The summed E-state index contributed by atoms with van der Waals surface area (Å²) in [4.78, 5) is 4.01. The molecule has 1 aliphatic rings. The van der Waals surface area contributed by atoms with Crippen molar-refractivity contribution in [1.82, 2.24) is 0 Å². The van der Waals surface area contributed by atoms with Gasteiger partial charge < -0.3 is 4.74 Å². The van der Waals surface area contributed by atoms with E-state index < -0.39 is 0 Å². The van der Waals surface area contributed by atoms with Crippen LogP contribution in [0.5, 0.6) is 0 Å². The fraction of sp³-hybridized carbons (Fsp3) is 0.500. The van der Waals surface area contributed by atoms with E-state index in [1.54, 1.807) is 14.2 Å². The molecule has 0 aromatic carbocycles. The molecular weight excluding hydrogens is 150 g/mol. The van der Waals surface area contributed by atoms with Crippen LogP contribution in [-0.2, 0) is 4.74 Å². The zero-order valence-electron chi connectivity index (χ0n) is 7.87. The molecule has 0 heterocycles. The first-order valence-corrected chi connectivity index (χ1v) is 4.16. The highest BCUT2D eigenvalue weighted by Crippen LogP contribution is 2.23. The van der Waals surface area contributed by atoms with Gasteiger partial charge in [0.15, 0.2) is 0 Å². The van der Waals surface area contributed by atoms with Gasteiger partial charge in [-0.25, -0.2) is 0 Å². The van der Waals surface area contributed by atoms with Crippen molar-refractivity contribution in [3.8, 4) is 0 Å². The van der Waals surface area contributed by atoms with E-state index in [-0.39, 0.29) is 0 Å². The third-order valence-electron chi connectivity index (χ3n) is 2.06. The van der Waals surface area contributed by atoms with Crippen molar-refractivity contribution in [2.75, 3.05) is 14.2 Å². The average Bonchev–Trinajstić information content (AvgIpc) is 2.09. The Morgan fingerprint density at radius 2 is 2.42 bits per heavy atom. The van der Waals surface area contributed by atoms with Crippen LogP contribution >= 0.6 is 0 Å². The fourth-order valence-corrected chi connectivity index (χ4v) is 1.36. The first-order chi connectivity index (χ1) is 5.79. The molecule has 1 unspecified atom stereocenters. The van der Waals surface area contributed by atoms with Gasteiger partial charge in [0.2, 0.25) is 0 Å². The van der Waals surface area contributed by atoms with Crippen molar-refractivity contribution in [3.63, 3.8) is 0 Å². The summed E-state index contributed by atoms with van der Waals surface area (Å²) in [6.45, 7) is 2.18. The van der Waals surface area contributed by atoms with Gasteiger partial charge in [-0.2, -0.15) is 0 Å². The number of methoxy groups -OCH3 is 1. The summed E-state index contributed by atoms with van der Waals surface area (Å²) in [7, 11) is 3.48. The highest BCUT2D eigenvalue weighted by Gasteiger charge is 2.14. The monoisotopic (exact) mass is 165 g/mol. The molecule has 0 spiro atoms. The van der Waals surface area contributed by atoms with Crippen molar-refractivity contribution in [3.05, 3.63) is 23.5 Å². The van der Waals surface area contributed by atoms with Crippen LogP contribution in [0.4, 0.5) is 0 Å². The van der Waals surface area contributed by atoms with E-state index in [1.807, 2.05) is 12.3 Å². The third kappa shape index (κ3) is 1.76. The lowest BCUT2D eigenvalue weighted by molar-refractivity contribution is 0.298. The van der Waals surface area contributed by atoms with Crippen LogP contribution in [0.25, 0.3) is 0 Å². The second kappa shape index (κ2) is 4.10. The summed E-state index contributed by atoms with van der Waals surface area (Å²) in [6, 6.07) is 0. The number of hydrogen-bond acceptors (Lipinski definition) is 2. The molecule has 0 amide bonds. The van der Waals surface area contributed by atoms with Crippen LogP contribution in [-0.4, -0.2) is 20.4 Å². The summed E-state index contributed by atoms with van der Waals surface area (Å²) in [5.74, 6) is 1.47. The van der Waals surface area contributed by atoms with E-state index in [2.05, 4.69) is 18.0 Å². The summed E-state index contributed by atoms with van der Waals surface area (Å²) in [6.07, 6.45) is 7.11. The maximum absolute atomic E-state index is 5.23. The first kappa shape index (κ1) is 9.04. The first-order valence-electron chi connectivity index (χ1n) is 4.16. The Bertz CT molecular complexity index is 238. The Balaban J connectivity index is 2.95. The van der Waals surface area contributed by atoms with Crippen LogP contribution in [0.15, 0.2) is 28.5 Å². The fourth-order valence-electron chi connectivity index (χ4n) is 1.36. The second-order valence-electron chi connectivity index (χ2n) is 2.95. The van der Waals surface area contributed by atoms with E-state index in [9.17, 15) is 0 Å². The van der Waals surface area contributed by atoms with Gasteiger partial charge in [0.25, 0.3) is 0 Å². The third-order valence-corrected chi connectivity index (χ3v) is 2.06. The van der Waals surface area contributed by atoms with E-state index in [0.29, 0.717) is 5.92 Å². The molecule has 0 saturated carbocycles. The van der Waals surface area contributed by atoms with Gasteiger partial charge in [-0.3, -0.25) is 4.99 Å². The van der Waals surface area contributed by atoms with Crippen molar-refractivity contribution in [1.29, 1.82) is 0 Å². The number of hydrogen-bond donors (Lipinski definition) is 0. The molecule has 0 saturated heterocycles. The molecule has 2 nitrogen and oxygen atoms in total. The van der Waals surface area contributed by atoms with Crippen LogP contribution in [0.3, 0.4) is 0 Å². The van der Waals surface area contributed by atoms with Gasteiger partial charge in [-0.1, -0.05) is 13.0 Å². The van der Waals surface area contributed by atoms with Crippen molar-refractivity contribution in [2.45, 2.75) is 13.3 Å². The lowest BCUT2D eigenvalue weighted by Crippen LogP contribution is -2.08. The minimum absolute atomic E-state index is 0.522. The molecule has 12 heavy (non-hydrogen) atoms.